The molecule has 0 saturated heterocycles. The zero-order valence-corrected chi connectivity index (χ0v) is 16.7. The minimum Gasteiger partial charge on any atom is -0.444 e. The lowest BCUT2D eigenvalue weighted by atomic mass is 10.1. The number of hydrogen-bond acceptors (Lipinski definition) is 5. The molecule has 0 spiro atoms. The maximum absolute atomic E-state index is 12.3. The topological polar surface area (TPSA) is 93.2 Å². The monoisotopic (exact) mass is 372 g/mol. The minimum absolute atomic E-state index is 0.142. The number of amides is 2. The van der Waals surface area contributed by atoms with Crippen LogP contribution < -0.4 is 10.6 Å². The lowest BCUT2D eigenvalue weighted by Gasteiger charge is -2.19. The van der Waals surface area contributed by atoms with Crippen molar-refractivity contribution in [1.82, 2.24) is 20.6 Å². The van der Waals surface area contributed by atoms with Gasteiger partial charge in [0.05, 0.1) is 22.4 Å². The second kappa shape index (κ2) is 8.79. The standard InChI is InChI=1S/C20H28N4O3/c1-13-14(2)24-17-12-15(8-9-16(17)23-13)18(25)21-10-6-7-11-22-19(26)27-20(3,4)5/h8-9,12H,6-7,10-11H2,1-5H3,(H,21,25)(H,22,26). The van der Waals surface area contributed by atoms with Crippen LogP contribution in [0.15, 0.2) is 18.2 Å². The average Bonchev–Trinajstić information content (AvgIpc) is 2.56. The Morgan fingerprint density at radius 1 is 0.963 bits per heavy atom. The Labute approximate surface area is 159 Å². The fourth-order valence-corrected chi connectivity index (χ4v) is 2.43. The van der Waals surface area contributed by atoms with E-state index in [1.54, 1.807) is 12.1 Å². The van der Waals surface area contributed by atoms with Gasteiger partial charge in [0.25, 0.3) is 5.91 Å². The molecule has 2 aromatic rings. The summed E-state index contributed by atoms with van der Waals surface area (Å²) in [5.74, 6) is -0.142. The van der Waals surface area contributed by atoms with Crippen LogP contribution in [0.3, 0.4) is 0 Å². The summed E-state index contributed by atoms with van der Waals surface area (Å²) in [6.45, 7) is 10.3. The first-order valence-electron chi connectivity index (χ1n) is 9.16. The molecule has 7 nitrogen and oxygen atoms in total. The fraction of sp³-hybridized carbons (Fsp3) is 0.500. The summed E-state index contributed by atoms with van der Waals surface area (Å²) in [6.07, 6.45) is 1.09. The SMILES string of the molecule is Cc1nc2ccc(C(=O)NCCCCNC(=O)OC(C)(C)C)cc2nc1C. The van der Waals surface area contributed by atoms with Crippen molar-refractivity contribution < 1.29 is 14.3 Å². The van der Waals surface area contributed by atoms with Crippen LogP contribution in [0.5, 0.6) is 0 Å². The maximum atomic E-state index is 12.3. The van der Waals surface area contributed by atoms with E-state index in [1.165, 1.54) is 0 Å². The summed E-state index contributed by atoms with van der Waals surface area (Å²) in [5.41, 5.74) is 3.30. The lowest BCUT2D eigenvalue weighted by Crippen LogP contribution is -2.33. The van der Waals surface area contributed by atoms with Crippen molar-refractivity contribution in [2.75, 3.05) is 13.1 Å². The van der Waals surface area contributed by atoms with Gasteiger partial charge >= 0.3 is 6.09 Å². The number of nitrogens with one attached hydrogen (secondary N) is 2. The van der Waals surface area contributed by atoms with Crippen molar-refractivity contribution in [2.24, 2.45) is 0 Å². The molecule has 1 aromatic carbocycles. The third-order valence-corrected chi connectivity index (χ3v) is 3.89. The number of alkyl carbamates (subject to hydrolysis) is 1. The highest BCUT2D eigenvalue weighted by Crippen LogP contribution is 2.14. The van der Waals surface area contributed by atoms with Crippen molar-refractivity contribution >= 4 is 23.0 Å². The molecular formula is C20H28N4O3. The zero-order valence-electron chi connectivity index (χ0n) is 16.7. The van der Waals surface area contributed by atoms with Crippen LogP contribution in [0.1, 0.15) is 55.4 Å². The number of fused-ring (bicyclic) bond motifs is 1. The highest BCUT2D eigenvalue weighted by atomic mass is 16.6. The number of benzene rings is 1. The largest absolute Gasteiger partial charge is 0.444 e. The second-order valence-electron chi connectivity index (χ2n) is 7.49. The smallest absolute Gasteiger partial charge is 0.407 e. The first kappa shape index (κ1) is 20.6. The minimum atomic E-state index is -0.500. The summed E-state index contributed by atoms with van der Waals surface area (Å²) in [7, 11) is 0. The van der Waals surface area contributed by atoms with E-state index in [1.807, 2.05) is 40.7 Å². The Bertz CT molecular complexity index is 828. The summed E-state index contributed by atoms with van der Waals surface area (Å²) in [5, 5.41) is 5.58. The van der Waals surface area contributed by atoms with Gasteiger partial charge in [0.2, 0.25) is 0 Å². The summed E-state index contributed by atoms with van der Waals surface area (Å²) in [4.78, 5) is 32.8. The van der Waals surface area contributed by atoms with Gasteiger partial charge < -0.3 is 15.4 Å². The molecule has 0 atom stereocenters. The fourth-order valence-electron chi connectivity index (χ4n) is 2.43. The van der Waals surface area contributed by atoms with Crippen molar-refractivity contribution in [2.45, 2.75) is 53.1 Å². The van der Waals surface area contributed by atoms with Crippen molar-refractivity contribution in [3.05, 3.63) is 35.2 Å². The lowest BCUT2D eigenvalue weighted by molar-refractivity contribution is 0.0526. The zero-order chi connectivity index (χ0) is 20.0. The molecule has 0 bridgehead atoms. The van der Waals surface area contributed by atoms with Crippen molar-refractivity contribution in [3.63, 3.8) is 0 Å². The Balaban J connectivity index is 1.75. The molecule has 0 radical (unpaired) electrons. The normalized spacial score (nSPS) is 11.3. The van der Waals surface area contributed by atoms with E-state index in [0.717, 1.165) is 29.7 Å². The number of unbranched alkanes of at least 4 members (excludes halogenated alkanes) is 1. The third-order valence-electron chi connectivity index (χ3n) is 3.89. The first-order chi connectivity index (χ1) is 12.7. The summed E-state index contributed by atoms with van der Waals surface area (Å²) in [6, 6.07) is 5.33. The Kier molecular flexibility index (Phi) is 6.71. The molecule has 27 heavy (non-hydrogen) atoms. The van der Waals surface area contributed by atoms with Crippen molar-refractivity contribution in [3.8, 4) is 0 Å². The van der Waals surface area contributed by atoms with Crippen molar-refractivity contribution in [1.29, 1.82) is 0 Å². The Morgan fingerprint density at radius 3 is 2.19 bits per heavy atom. The van der Waals surface area contributed by atoms with Gasteiger partial charge in [0.1, 0.15) is 5.60 Å². The Morgan fingerprint density at radius 2 is 1.56 bits per heavy atom. The summed E-state index contributed by atoms with van der Waals surface area (Å²) < 4.78 is 5.16. The van der Waals surface area contributed by atoms with Gasteiger partial charge in [0, 0.05) is 18.7 Å². The van der Waals surface area contributed by atoms with E-state index in [2.05, 4.69) is 20.6 Å². The molecule has 0 aliphatic rings. The van der Waals surface area contributed by atoms with E-state index < -0.39 is 11.7 Å². The molecular weight excluding hydrogens is 344 g/mol. The third kappa shape index (κ3) is 6.51. The van der Waals surface area contributed by atoms with E-state index in [9.17, 15) is 9.59 Å². The van der Waals surface area contributed by atoms with Gasteiger partial charge in [-0.1, -0.05) is 0 Å². The number of carbonyl (C=O) groups excluding carboxylic acids is 2. The molecule has 0 saturated carbocycles. The quantitative estimate of drug-likeness (QED) is 0.759. The molecule has 7 heteroatoms. The summed E-state index contributed by atoms with van der Waals surface area (Å²) >= 11 is 0. The van der Waals surface area contributed by atoms with E-state index >= 15 is 0 Å². The molecule has 0 aliphatic carbocycles. The molecule has 0 aliphatic heterocycles. The predicted molar refractivity (Wildman–Crippen MR) is 105 cm³/mol. The van der Waals surface area contributed by atoms with Crippen LogP contribution in [-0.2, 0) is 4.74 Å². The number of hydrogen-bond donors (Lipinski definition) is 2. The van der Waals surface area contributed by atoms with Crippen LogP contribution in [0, 0.1) is 13.8 Å². The molecule has 1 aromatic heterocycles. The predicted octanol–water partition coefficient (Wildman–Crippen LogP) is 3.28. The molecule has 0 unspecified atom stereocenters. The number of aryl methyl sites for hydroxylation is 2. The molecule has 2 rings (SSSR count). The van der Waals surface area contributed by atoms with Crippen LogP contribution >= 0.6 is 0 Å². The molecule has 146 valence electrons. The van der Waals surface area contributed by atoms with E-state index in [0.29, 0.717) is 24.2 Å². The highest BCUT2D eigenvalue weighted by Gasteiger charge is 2.15. The molecule has 0 fully saturated rings. The Hall–Kier alpha value is -2.70. The maximum Gasteiger partial charge on any atom is 0.407 e. The second-order valence-corrected chi connectivity index (χ2v) is 7.49. The number of rotatable bonds is 6. The average molecular weight is 372 g/mol. The van der Waals surface area contributed by atoms with Gasteiger partial charge in [-0.3, -0.25) is 4.79 Å². The van der Waals surface area contributed by atoms with Gasteiger partial charge in [-0.25, -0.2) is 14.8 Å². The highest BCUT2D eigenvalue weighted by molar-refractivity contribution is 5.97. The first-order valence-corrected chi connectivity index (χ1v) is 9.16. The van der Waals surface area contributed by atoms with E-state index in [-0.39, 0.29) is 5.91 Å². The molecule has 2 amide bonds. The van der Waals surface area contributed by atoms with Gasteiger partial charge in [-0.05, 0) is 65.7 Å². The van der Waals surface area contributed by atoms with Crippen LogP contribution in [0.4, 0.5) is 4.79 Å². The number of nitrogens with zero attached hydrogens (tertiary/aromatic N) is 2. The van der Waals surface area contributed by atoms with Crippen LogP contribution in [0.2, 0.25) is 0 Å². The number of aromatic nitrogens is 2. The van der Waals surface area contributed by atoms with E-state index in [4.69, 9.17) is 4.74 Å². The number of carbonyl (C=O) groups is 2. The molecule has 1 heterocycles. The van der Waals surface area contributed by atoms with Crippen LogP contribution in [0.25, 0.3) is 11.0 Å². The van der Waals surface area contributed by atoms with Gasteiger partial charge in [0.15, 0.2) is 0 Å². The van der Waals surface area contributed by atoms with Gasteiger partial charge in [-0.2, -0.15) is 0 Å². The molecule has 2 N–H and O–H groups in total. The van der Waals surface area contributed by atoms with Gasteiger partial charge in [-0.15, -0.1) is 0 Å². The number of ether oxygens (including phenoxy) is 1. The van der Waals surface area contributed by atoms with Crippen LogP contribution in [-0.4, -0.2) is 40.7 Å².